The van der Waals surface area contributed by atoms with Crippen molar-refractivity contribution in [3.63, 3.8) is 0 Å². The predicted molar refractivity (Wildman–Crippen MR) is 108 cm³/mol. The van der Waals surface area contributed by atoms with E-state index in [0.29, 0.717) is 30.6 Å². The molecule has 1 aliphatic carbocycles. The highest BCUT2D eigenvalue weighted by Crippen LogP contribution is 2.35. The van der Waals surface area contributed by atoms with Crippen LogP contribution in [0.2, 0.25) is 0 Å². The van der Waals surface area contributed by atoms with Crippen molar-refractivity contribution in [3.05, 3.63) is 46.3 Å². The molecule has 2 aromatic rings. The molecule has 3 aliphatic rings. The van der Waals surface area contributed by atoms with Gasteiger partial charge in [0.05, 0.1) is 17.7 Å². The monoisotopic (exact) mass is 407 g/mol. The van der Waals surface area contributed by atoms with Gasteiger partial charge in [-0.3, -0.25) is 4.79 Å². The maximum atomic E-state index is 12.6. The first-order valence-corrected chi connectivity index (χ1v) is 10.8. The molecule has 1 amide bonds. The zero-order valence-corrected chi connectivity index (χ0v) is 16.6. The van der Waals surface area contributed by atoms with Gasteiger partial charge in [0, 0.05) is 27.8 Å². The molecule has 4 atom stereocenters. The molecular formula is C22H21N3O3S. The molecule has 0 spiro atoms. The number of esters is 1. The molecule has 1 aromatic carbocycles. The highest BCUT2D eigenvalue weighted by Gasteiger charge is 2.43. The lowest BCUT2D eigenvalue weighted by atomic mass is 9.99. The molecule has 2 fully saturated rings. The number of nitrogens with zero attached hydrogens (tertiary/aromatic N) is 1. The van der Waals surface area contributed by atoms with Crippen molar-refractivity contribution in [1.29, 1.82) is 5.26 Å². The van der Waals surface area contributed by atoms with Crippen LogP contribution in [0.1, 0.15) is 40.1 Å². The third-order valence-corrected chi connectivity index (χ3v) is 7.31. The van der Waals surface area contributed by atoms with Gasteiger partial charge in [-0.05, 0) is 55.0 Å². The maximum absolute atomic E-state index is 12.6. The normalized spacial score (nSPS) is 25.3. The van der Waals surface area contributed by atoms with Gasteiger partial charge in [0.2, 0.25) is 5.91 Å². The Hall–Kier alpha value is -2.69. The van der Waals surface area contributed by atoms with Crippen molar-refractivity contribution < 1.29 is 14.3 Å². The summed E-state index contributed by atoms with van der Waals surface area (Å²) in [5.41, 5.74) is 2.57. The van der Waals surface area contributed by atoms with Crippen LogP contribution in [0.3, 0.4) is 0 Å². The third-order valence-electron chi connectivity index (χ3n) is 6.15. The van der Waals surface area contributed by atoms with Crippen molar-refractivity contribution in [2.24, 2.45) is 5.92 Å². The Labute approximate surface area is 172 Å². The van der Waals surface area contributed by atoms with Gasteiger partial charge in [-0.25, -0.2) is 4.79 Å². The molecule has 1 saturated heterocycles. The SMILES string of the molecule is N#C[C@H](Cc1ccc(-c2ccc3c(c2)COC3=O)s1)NC(=O)C1NC2CCC1C2. The number of thiophene rings is 1. The van der Waals surface area contributed by atoms with Crippen LogP contribution in [0, 0.1) is 17.2 Å². The molecule has 2 bridgehead atoms. The standard InChI is InChI=1S/C22H21N3O3S/c23-10-16(25-21(26)20-13-1-3-15(8-13)24-20)9-17-4-6-19(29-17)12-2-5-18-14(7-12)11-28-22(18)27/h2,4-7,13,15-16,20,24H,1,3,8-9,11H2,(H,25,26)/t13?,15?,16-,20?/m0/s1. The topological polar surface area (TPSA) is 91.2 Å². The third kappa shape index (κ3) is 3.43. The number of carbonyl (C=O) groups excluding carboxylic acids is 2. The summed E-state index contributed by atoms with van der Waals surface area (Å²) < 4.78 is 5.07. The number of hydrogen-bond donors (Lipinski definition) is 2. The number of carbonyl (C=O) groups is 2. The second-order valence-corrected chi connectivity index (χ2v) is 9.19. The van der Waals surface area contributed by atoms with Crippen LogP contribution in [0.25, 0.3) is 10.4 Å². The number of hydrogen-bond acceptors (Lipinski definition) is 6. The van der Waals surface area contributed by atoms with E-state index in [0.717, 1.165) is 40.1 Å². The van der Waals surface area contributed by atoms with Crippen LogP contribution in [-0.2, 0) is 22.6 Å². The largest absolute Gasteiger partial charge is 0.457 e. The van der Waals surface area contributed by atoms with Crippen LogP contribution in [0.5, 0.6) is 0 Å². The van der Waals surface area contributed by atoms with E-state index >= 15 is 0 Å². The molecule has 148 valence electrons. The van der Waals surface area contributed by atoms with E-state index in [9.17, 15) is 14.9 Å². The second kappa shape index (κ2) is 7.29. The van der Waals surface area contributed by atoms with Crippen molar-refractivity contribution >= 4 is 23.2 Å². The fourth-order valence-corrected chi connectivity index (χ4v) is 5.72. The van der Waals surface area contributed by atoms with Gasteiger partial charge in [0.25, 0.3) is 0 Å². The summed E-state index contributed by atoms with van der Waals surface area (Å²) in [5, 5.41) is 15.8. The number of fused-ring (bicyclic) bond motifs is 3. The number of amides is 1. The highest BCUT2D eigenvalue weighted by atomic mass is 32.1. The molecular weight excluding hydrogens is 386 g/mol. The molecule has 29 heavy (non-hydrogen) atoms. The quantitative estimate of drug-likeness (QED) is 0.744. The van der Waals surface area contributed by atoms with Crippen LogP contribution in [0.15, 0.2) is 30.3 Å². The first kappa shape index (κ1) is 18.3. The van der Waals surface area contributed by atoms with Crippen molar-refractivity contribution in [1.82, 2.24) is 10.6 Å². The van der Waals surface area contributed by atoms with E-state index in [1.54, 1.807) is 17.4 Å². The van der Waals surface area contributed by atoms with Crippen LogP contribution in [-0.4, -0.2) is 30.0 Å². The van der Waals surface area contributed by atoms with Crippen LogP contribution in [0.4, 0.5) is 0 Å². The Kier molecular flexibility index (Phi) is 4.61. The maximum Gasteiger partial charge on any atom is 0.338 e. The van der Waals surface area contributed by atoms with Crippen molar-refractivity contribution in [3.8, 4) is 16.5 Å². The number of benzene rings is 1. The lowest BCUT2D eigenvalue weighted by molar-refractivity contribution is -0.124. The van der Waals surface area contributed by atoms with Gasteiger partial charge in [-0.15, -0.1) is 11.3 Å². The first-order chi connectivity index (χ1) is 14.1. The smallest absolute Gasteiger partial charge is 0.338 e. The van der Waals surface area contributed by atoms with Crippen LogP contribution >= 0.6 is 11.3 Å². The second-order valence-electron chi connectivity index (χ2n) is 8.02. The molecule has 5 rings (SSSR count). The van der Waals surface area contributed by atoms with Crippen LogP contribution < -0.4 is 10.6 Å². The summed E-state index contributed by atoms with van der Waals surface area (Å²) in [7, 11) is 0. The number of ether oxygens (including phenoxy) is 1. The van der Waals surface area contributed by atoms with Gasteiger partial charge < -0.3 is 15.4 Å². The lowest BCUT2D eigenvalue weighted by Gasteiger charge is -2.23. The van der Waals surface area contributed by atoms with E-state index in [1.165, 1.54) is 0 Å². The van der Waals surface area contributed by atoms with E-state index < -0.39 is 6.04 Å². The van der Waals surface area contributed by atoms with Gasteiger partial charge in [0.15, 0.2) is 0 Å². The van der Waals surface area contributed by atoms with Gasteiger partial charge in [0.1, 0.15) is 12.6 Å². The molecule has 1 aromatic heterocycles. The number of nitriles is 1. The summed E-state index contributed by atoms with van der Waals surface area (Å²) in [6.45, 7) is 0.319. The van der Waals surface area contributed by atoms with Gasteiger partial charge >= 0.3 is 5.97 Å². The number of cyclic esters (lactones) is 1. The minimum absolute atomic E-state index is 0.0520. The van der Waals surface area contributed by atoms with E-state index in [4.69, 9.17) is 4.74 Å². The Morgan fingerprint density at radius 2 is 2.24 bits per heavy atom. The Morgan fingerprint density at radius 1 is 1.34 bits per heavy atom. The highest BCUT2D eigenvalue weighted by molar-refractivity contribution is 7.15. The summed E-state index contributed by atoms with van der Waals surface area (Å²) >= 11 is 1.60. The molecule has 2 aliphatic heterocycles. The van der Waals surface area contributed by atoms with E-state index in [1.807, 2.05) is 24.3 Å². The zero-order valence-electron chi connectivity index (χ0n) is 15.8. The number of rotatable bonds is 5. The predicted octanol–water partition coefficient (Wildman–Crippen LogP) is 2.78. The summed E-state index contributed by atoms with van der Waals surface area (Å²) in [4.78, 5) is 26.3. The summed E-state index contributed by atoms with van der Waals surface area (Å²) in [6, 6.07) is 11.7. The minimum atomic E-state index is -0.541. The molecule has 3 unspecified atom stereocenters. The molecule has 6 nitrogen and oxygen atoms in total. The minimum Gasteiger partial charge on any atom is -0.457 e. The Bertz CT molecular complexity index is 1020. The van der Waals surface area contributed by atoms with E-state index in [2.05, 4.69) is 16.7 Å². The average Bonchev–Trinajstić information content (AvgIpc) is 3.52. The zero-order chi connectivity index (χ0) is 20.0. The van der Waals surface area contributed by atoms with Gasteiger partial charge in [-0.1, -0.05) is 6.07 Å². The molecule has 7 heteroatoms. The molecule has 2 N–H and O–H groups in total. The Morgan fingerprint density at radius 3 is 3.00 bits per heavy atom. The number of piperidine rings is 1. The molecule has 0 radical (unpaired) electrons. The summed E-state index contributed by atoms with van der Waals surface area (Å²) in [6.07, 6.45) is 3.80. The fraction of sp³-hybridized carbons (Fsp3) is 0.409. The van der Waals surface area contributed by atoms with Crippen molar-refractivity contribution in [2.75, 3.05) is 0 Å². The first-order valence-electron chi connectivity index (χ1n) is 9.96. The van der Waals surface area contributed by atoms with Gasteiger partial charge in [-0.2, -0.15) is 5.26 Å². The number of nitrogens with one attached hydrogen (secondary N) is 2. The average molecular weight is 407 g/mol. The Balaban J connectivity index is 1.25. The van der Waals surface area contributed by atoms with Crippen molar-refractivity contribution in [2.45, 2.75) is 50.4 Å². The summed E-state index contributed by atoms with van der Waals surface area (Å²) in [5.74, 6) is 0.0863. The lowest BCUT2D eigenvalue weighted by Crippen LogP contribution is -2.50. The molecule has 1 saturated carbocycles. The fourth-order valence-electron chi connectivity index (χ4n) is 4.67. The van der Waals surface area contributed by atoms with E-state index in [-0.39, 0.29) is 17.9 Å². The molecule has 3 heterocycles.